The maximum Gasteiger partial charge on any atom is 0.147 e. The maximum absolute atomic E-state index is 5.29. The summed E-state index contributed by atoms with van der Waals surface area (Å²) in [6.07, 6.45) is 0.125. The molecule has 0 saturated heterocycles. The monoisotopic (exact) mass is 262 g/mol. The molecule has 1 atom stereocenters. The van der Waals surface area contributed by atoms with Crippen LogP contribution in [0.5, 0.6) is 0 Å². The number of rotatable bonds is 4. The van der Waals surface area contributed by atoms with Gasteiger partial charge < -0.3 is 4.74 Å². The fourth-order valence-electron chi connectivity index (χ4n) is 1.62. The molecular formula is C14H18N2OS. The van der Waals surface area contributed by atoms with E-state index in [1.165, 1.54) is 5.56 Å². The Kier molecular flexibility index (Phi) is 4.09. The average molecular weight is 262 g/mol. The van der Waals surface area contributed by atoms with Crippen LogP contribution in [-0.2, 0) is 4.74 Å². The van der Waals surface area contributed by atoms with E-state index >= 15 is 0 Å². The fraction of sp³-hybridized carbons (Fsp3) is 0.429. The van der Waals surface area contributed by atoms with Gasteiger partial charge in [-0.25, -0.2) is 0 Å². The second-order valence-electron chi connectivity index (χ2n) is 4.60. The van der Waals surface area contributed by atoms with Crippen LogP contribution in [0.4, 0.5) is 0 Å². The van der Waals surface area contributed by atoms with Crippen molar-refractivity contribution < 1.29 is 4.74 Å². The van der Waals surface area contributed by atoms with E-state index in [0.717, 1.165) is 15.6 Å². The van der Waals surface area contributed by atoms with E-state index in [9.17, 15) is 0 Å². The minimum Gasteiger partial charge on any atom is -0.377 e. The van der Waals surface area contributed by atoms with Crippen LogP contribution in [0.2, 0.25) is 0 Å². The second-order valence-corrected chi connectivity index (χ2v) is 5.61. The lowest BCUT2D eigenvalue weighted by atomic mass is 10.1. The number of nitrogens with zero attached hydrogens (tertiary/aromatic N) is 2. The zero-order valence-electron chi connectivity index (χ0n) is 11.2. The molecule has 0 N–H and O–H groups in total. The Labute approximate surface area is 112 Å². The first kappa shape index (κ1) is 13.2. The number of methoxy groups -OCH3 is 1. The lowest BCUT2D eigenvalue weighted by molar-refractivity contribution is 0.119. The topological polar surface area (TPSA) is 35.0 Å². The van der Waals surface area contributed by atoms with Gasteiger partial charge in [0, 0.05) is 18.6 Å². The highest BCUT2D eigenvalue weighted by Gasteiger charge is 2.10. The average Bonchev–Trinajstić information content (AvgIpc) is 2.88. The van der Waals surface area contributed by atoms with E-state index < -0.39 is 0 Å². The summed E-state index contributed by atoms with van der Waals surface area (Å²) in [5.41, 5.74) is 2.29. The molecule has 1 aromatic carbocycles. The first-order valence-electron chi connectivity index (χ1n) is 6.08. The predicted molar refractivity (Wildman–Crippen MR) is 74.9 cm³/mol. The summed E-state index contributed by atoms with van der Waals surface area (Å²) >= 11 is 1.66. The van der Waals surface area contributed by atoms with Crippen LogP contribution >= 0.6 is 11.3 Å². The van der Waals surface area contributed by atoms with Crippen molar-refractivity contribution in [3.63, 3.8) is 0 Å². The van der Waals surface area contributed by atoms with Crippen molar-refractivity contribution in [2.24, 2.45) is 0 Å². The summed E-state index contributed by atoms with van der Waals surface area (Å²) in [5.74, 6) is 0.434. The summed E-state index contributed by atoms with van der Waals surface area (Å²) in [6.45, 7) is 6.30. The summed E-state index contributed by atoms with van der Waals surface area (Å²) in [5, 5.41) is 10.5. The summed E-state index contributed by atoms with van der Waals surface area (Å²) in [7, 11) is 1.72. The van der Waals surface area contributed by atoms with Gasteiger partial charge in [-0.05, 0) is 12.5 Å². The first-order valence-corrected chi connectivity index (χ1v) is 6.90. The number of hydrogen-bond donors (Lipinski definition) is 0. The lowest BCUT2D eigenvalue weighted by Crippen LogP contribution is -1.94. The number of ether oxygens (including phenoxy) is 1. The van der Waals surface area contributed by atoms with Crippen LogP contribution in [0.3, 0.4) is 0 Å². The molecule has 0 aliphatic heterocycles. The zero-order chi connectivity index (χ0) is 13.1. The minimum atomic E-state index is 0.125. The molecule has 96 valence electrons. The van der Waals surface area contributed by atoms with Gasteiger partial charge in [-0.1, -0.05) is 49.4 Å². The Morgan fingerprint density at radius 1 is 1.06 bits per heavy atom. The van der Waals surface area contributed by atoms with Gasteiger partial charge in [0.25, 0.3) is 0 Å². The molecule has 18 heavy (non-hydrogen) atoms. The Morgan fingerprint density at radius 3 is 2.22 bits per heavy atom. The van der Waals surface area contributed by atoms with Crippen LogP contribution in [-0.4, -0.2) is 17.3 Å². The van der Waals surface area contributed by atoms with Gasteiger partial charge in [0.2, 0.25) is 0 Å². The third-order valence-electron chi connectivity index (χ3n) is 2.92. The molecule has 4 heteroatoms. The highest BCUT2D eigenvalue weighted by atomic mass is 32.1. The largest absolute Gasteiger partial charge is 0.377 e. The zero-order valence-corrected chi connectivity index (χ0v) is 12.0. The molecule has 0 amide bonds. The molecule has 1 heterocycles. The van der Waals surface area contributed by atoms with E-state index in [-0.39, 0.29) is 6.10 Å². The minimum absolute atomic E-state index is 0.125. The van der Waals surface area contributed by atoms with E-state index in [4.69, 9.17) is 4.74 Å². The van der Waals surface area contributed by atoms with Gasteiger partial charge in [-0.15, -0.1) is 10.2 Å². The van der Waals surface area contributed by atoms with Gasteiger partial charge in [0.15, 0.2) is 0 Å². The van der Waals surface area contributed by atoms with E-state index in [1.54, 1.807) is 18.4 Å². The fourth-order valence-corrected chi connectivity index (χ4v) is 2.47. The van der Waals surface area contributed by atoms with Crippen molar-refractivity contribution in [3.05, 3.63) is 34.8 Å². The van der Waals surface area contributed by atoms with E-state index in [1.807, 2.05) is 6.92 Å². The van der Waals surface area contributed by atoms with Crippen LogP contribution in [0, 0.1) is 0 Å². The Morgan fingerprint density at radius 2 is 1.72 bits per heavy atom. The van der Waals surface area contributed by atoms with Crippen LogP contribution < -0.4 is 0 Å². The van der Waals surface area contributed by atoms with E-state index in [0.29, 0.717) is 5.92 Å². The molecule has 3 nitrogen and oxygen atoms in total. The highest BCUT2D eigenvalue weighted by Crippen LogP contribution is 2.28. The Balaban J connectivity index is 2.23. The molecule has 0 saturated carbocycles. The van der Waals surface area contributed by atoms with Gasteiger partial charge >= 0.3 is 0 Å². The number of benzene rings is 1. The highest BCUT2D eigenvalue weighted by molar-refractivity contribution is 7.14. The van der Waals surface area contributed by atoms with Crippen LogP contribution in [0.15, 0.2) is 24.3 Å². The van der Waals surface area contributed by atoms with Crippen molar-refractivity contribution in [3.8, 4) is 10.6 Å². The molecule has 0 aliphatic rings. The molecule has 0 spiro atoms. The SMILES string of the molecule is CO[C@H](C)c1ccc(-c2nnc(C(C)C)s2)cc1. The lowest BCUT2D eigenvalue weighted by Gasteiger charge is -2.09. The second kappa shape index (κ2) is 5.59. The van der Waals surface area contributed by atoms with Crippen molar-refractivity contribution in [1.82, 2.24) is 10.2 Å². The predicted octanol–water partition coefficient (Wildman–Crippen LogP) is 4.04. The van der Waals surface area contributed by atoms with Crippen LogP contribution in [0.25, 0.3) is 10.6 Å². The summed E-state index contributed by atoms with van der Waals surface area (Å²) in [4.78, 5) is 0. The quantitative estimate of drug-likeness (QED) is 0.834. The summed E-state index contributed by atoms with van der Waals surface area (Å²) in [6, 6.07) is 8.32. The molecule has 2 aromatic rings. The van der Waals surface area contributed by atoms with Crippen molar-refractivity contribution in [1.29, 1.82) is 0 Å². The standard InChI is InChI=1S/C14H18N2OS/c1-9(2)13-15-16-14(18-13)12-7-5-11(6-8-12)10(3)17-4/h5-10H,1-4H3/t10-/m1/s1. The number of aromatic nitrogens is 2. The van der Waals surface area contributed by atoms with Crippen molar-refractivity contribution >= 4 is 11.3 Å². The smallest absolute Gasteiger partial charge is 0.147 e. The Bertz CT molecular complexity index is 505. The third kappa shape index (κ3) is 2.76. The van der Waals surface area contributed by atoms with Crippen molar-refractivity contribution in [2.45, 2.75) is 32.8 Å². The van der Waals surface area contributed by atoms with Gasteiger partial charge in [-0.3, -0.25) is 0 Å². The molecule has 0 bridgehead atoms. The van der Waals surface area contributed by atoms with Crippen molar-refractivity contribution in [2.75, 3.05) is 7.11 Å². The number of hydrogen-bond acceptors (Lipinski definition) is 4. The molecule has 0 aliphatic carbocycles. The van der Waals surface area contributed by atoms with Gasteiger partial charge in [0.05, 0.1) is 6.10 Å². The first-order chi connectivity index (χ1) is 8.61. The summed E-state index contributed by atoms with van der Waals surface area (Å²) < 4.78 is 5.29. The van der Waals surface area contributed by atoms with Gasteiger partial charge in [-0.2, -0.15) is 0 Å². The maximum atomic E-state index is 5.29. The molecule has 0 radical (unpaired) electrons. The molecule has 1 aromatic heterocycles. The van der Waals surface area contributed by atoms with Crippen LogP contribution in [0.1, 0.15) is 43.4 Å². The third-order valence-corrected chi connectivity index (χ3v) is 4.19. The van der Waals surface area contributed by atoms with E-state index in [2.05, 4.69) is 48.3 Å². The molecular weight excluding hydrogens is 244 g/mol. The molecule has 0 unspecified atom stereocenters. The molecule has 0 fully saturated rings. The van der Waals surface area contributed by atoms with Gasteiger partial charge in [0.1, 0.15) is 10.0 Å². The normalized spacial score (nSPS) is 12.9. The Hall–Kier alpha value is -1.26. The molecule has 2 rings (SSSR count).